The first-order valence-electron chi connectivity index (χ1n) is 9.53. The molecule has 0 spiro atoms. The van der Waals surface area contributed by atoms with Gasteiger partial charge in [-0.15, -0.1) is 0 Å². The number of nitrogens with zero attached hydrogens (tertiary/aromatic N) is 3. The van der Waals surface area contributed by atoms with E-state index in [4.69, 9.17) is 0 Å². The molecule has 0 saturated heterocycles. The Morgan fingerprint density at radius 1 is 1.13 bits per heavy atom. The van der Waals surface area contributed by atoms with E-state index >= 15 is 0 Å². The Balaban J connectivity index is 1.87. The number of aromatic hydroxyl groups is 1. The standard InChI is InChI=1S/C22H22N4O4/c1-3-25(4-2)20-10-9-18(26(29)30)11-17(20)14-23-24-22(28)19-12-15-7-5-6-8-16(15)13-21(19)27/h5-14,27H,3-4H2,1-2H3,(H,24,28)/b23-14-. The van der Waals surface area contributed by atoms with Gasteiger partial charge in [-0.1, -0.05) is 24.3 Å². The van der Waals surface area contributed by atoms with Gasteiger partial charge in [0.2, 0.25) is 0 Å². The molecule has 1 amide bonds. The van der Waals surface area contributed by atoms with Crippen molar-refractivity contribution in [1.82, 2.24) is 5.43 Å². The van der Waals surface area contributed by atoms with Gasteiger partial charge >= 0.3 is 0 Å². The maximum absolute atomic E-state index is 12.5. The molecule has 0 atom stereocenters. The van der Waals surface area contributed by atoms with Crippen LogP contribution in [0.1, 0.15) is 29.8 Å². The van der Waals surface area contributed by atoms with Crippen molar-refractivity contribution in [3.63, 3.8) is 0 Å². The zero-order valence-corrected chi connectivity index (χ0v) is 16.7. The van der Waals surface area contributed by atoms with Crippen molar-refractivity contribution in [2.24, 2.45) is 5.10 Å². The summed E-state index contributed by atoms with van der Waals surface area (Å²) in [6.07, 6.45) is 1.37. The molecular formula is C22H22N4O4. The SMILES string of the molecule is CCN(CC)c1ccc([N+](=O)[O-])cc1/C=N\NC(=O)c1cc2ccccc2cc1O. The average Bonchev–Trinajstić information content (AvgIpc) is 2.74. The molecule has 3 aromatic carbocycles. The van der Waals surface area contributed by atoms with E-state index in [-0.39, 0.29) is 17.0 Å². The molecule has 3 aromatic rings. The van der Waals surface area contributed by atoms with Crippen molar-refractivity contribution in [2.75, 3.05) is 18.0 Å². The number of non-ortho nitro benzene ring substituents is 1. The molecule has 2 N–H and O–H groups in total. The lowest BCUT2D eigenvalue weighted by Gasteiger charge is -2.22. The summed E-state index contributed by atoms with van der Waals surface area (Å²) in [5.41, 5.74) is 3.70. The number of nitrogens with one attached hydrogen (secondary N) is 1. The van der Waals surface area contributed by atoms with E-state index in [1.54, 1.807) is 12.1 Å². The highest BCUT2D eigenvalue weighted by Crippen LogP contribution is 2.26. The van der Waals surface area contributed by atoms with Crippen molar-refractivity contribution in [3.8, 4) is 5.75 Å². The van der Waals surface area contributed by atoms with Crippen molar-refractivity contribution in [1.29, 1.82) is 0 Å². The Morgan fingerprint density at radius 2 is 1.80 bits per heavy atom. The van der Waals surface area contributed by atoms with Crippen LogP contribution in [0.3, 0.4) is 0 Å². The van der Waals surface area contributed by atoms with Crippen LogP contribution in [0.25, 0.3) is 10.8 Å². The Bertz CT molecular complexity index is 1120. The molecule has 8 heteroatoms. The number of benzene rings is 3. The number of hydrazone groups is 1. The number of carbonyl (C=O) groups excluding carboxylic acids is 1. The molecule has 0 heterocycles. The molecule has 3 rings (SSSR count). The minimum absolute atomic E-state index is 0.0640. The number of anilines is 1. The highest BCUT2D eigenvalue weighted by molar-refractivity contribution is 6.02. The molecule has 0 aliphatic carbocycles. The van der Waals surface area contributed by atoms with Crippen LogP contribution in [0.15, 0.2) is 59.7 Å². The van der Waals surface area contributed by atoms with Crippen LogP contribution in [-0.4, -0.2) is 35.2 Å². The molecule has 0 aromatic heterocycles. The second-order valence-electron chi connectivity index (χ2n) is 6.59. The van der Waals surface area contributed by atoms with Gasteiger partial charge < -0.3 is 10.0 Å². The summed E-state index contributed by atoms with van der Waals surface area (Å²) >= 11 is 0. The van der Waals surface area contributed by atoms with E-state index in [0.29, 0.717) is 18.7 Å². The summed E-state index contributed by atoms with van der Waals surface area (Å²) < 4.78 is 0. The smallest absolute Gasteiger partial charge is 0.275 e. The van der Waals surface area contributed by atoms with E-state index in [9.17, 15) is 20.0 Å². The Morgan fingerprint density at radius 3 is 2.43 bits per heavy atom. The van der Waals surface area contributed by atoms with Gasteiger partial charge in [-0.3, -0.25) is 14.9 Å². The predicted molar refractivity (Wildman–Crippen MR) is 117 cm³/mol. The number of phenols is 1. The number of fused-ring (bicyclic) bond motifs is 1. The second-order valence-corrected chi connectivity index (χ2v) is 6.59. The molecule has 0 aliphatic heterocycles. The fourth-order valence-electron chi connectivity index (χ4n) is 3.24. The van der Waals surface area contributed by atoms with Gasteiger partial charge in [0.1, 0.15) is 5.75 Å². The Kier molecular flexibility index (Phi) is 6.26. The second kappa shape index (κ2) is 9.04. The lowest BCUT2D eigenvalue weighted by atomic mass is 10.1. The summed E-state index contributed by atoms with van der Waals surface area (Å²) in [5, 5.41) is 26.9. The normalized spacial score (nSPS) is 11.0. The van der Waals surface area contributed by atoms with Gasteiger partial charge in [0, 0.05) is 36.5 Å². The van der Waals surface area contributed by atoms with Crippen molar-refractivity contribution < 1.29 is 14.8 Å². The average molecular weight is 406 g/mol. The van der Waals surface area contributed by atoms with Crippen LogP contribution in [0.4, 0.5) is 11.4 Å². The minimum Gasteiger partial charge on any atom is -0.507 e. The number of hydrogen-bond donors (Lipinski definition) is 2. The van der Waals surface area contributed by atoms with E-state index in [1.807, 2.05) is 43.0 Å². The number of hydrogen-bond acceptors (Lipinski definition) is 6. The summed E-state index contributed by atoms with van der Waals surface area (Å²) in [5.74, 6) is -0.732. The number of amides is 1. The largest absolute Gasteiger partial charge is 0.507 e. The van der Waals surface area contributed by atoms with E-state index < -0.39 is 10.8 Å². The van der Waals surface area contributed by atoms with Gasteiger partial charge in [-0.2, -0.15) is 5.10 Å². The maximum atomic E-state index is 12.5. The molecule has 0 unspecified atom stereocenters. The monoisotopic (exact) mass is 406 g/mol. The highest BCUT2D eigenvalue weighted by Gasteiger charge is 2.14. The van der Waals surface area contributed by atoms with Gasteiger partial charge in [0.15, 0.2) is 0 Å². The minimum atomic E-state index is -0.579. The first kappa shape index (κ1) is 20.8. The van der Waals surface area contributed by atoms with E-state index in [1.165, 1.54) is 24.4 Å². The molecule has 154 valence electrons. The van der Waals surface area contributed by atoms with Crippen LogP contribution in [0.5, 0.6) is 5.75 Å². The lowest BCUT2D eigenvalue weighted by molar-refractivity contribution is -0.384. The third kappa shape index (κ3) is 4.38. The number of nitro groups is 1. The van der Waals surface area contributed by atoms with Gasteiger partial charge in [-0.25, -0.2) is 5.43 Å². The van der Waals surface area contributed by atoms with Crippen LogP contribution >= 0.6 is 0 Å². The molecule has 8 nitrogen and oxygen atoms in total. The molecule has 0 fully saturated rings. The highest BCUT2D eigenvalue weighted by atomic mass is 16.6. The zero-order chi connectivity index (χ0) is 21.7. The van der Waals surface area contributed by atoms with Gasteiger partial charge in [-0.05, 0) is 42.8 Å². The quantitative estimate of drug-likeness (QED) is 0.349. The predicted octanol–water partition coefficient (Wildman–Crippen LogP) is 4.06. The number of carbonyl (C=O) groups is 1. The fourth-order valence-corrected chi connectivity index (χ4v) is 3.24. The molecule has 0 bridgehead atoms. The lowest BCUT2D eigenvalue weighted by Crippen LogP contribution is -2.23. The zero-order valence-electron chi connectivity index (χ0n) is 16.7. The molecule has 0 radical (unpaired) electrons. The first-order chi connectivity index (χ1) is 14.4. The third-order valence-corrected chi connectivity index (χ3v) is 4.80. The van der Waals surface area contributed by atoms with E-state index in [0.717, 1.165) is 16.5 Å². The summed E-state index contributed by atoms with van der Waals surface area (Å²) in [6, 6.07) is 15.0. The maximum Gasteiger partial charge on any atom is 0.275 e. The Labute approximate surface area is 173 Å². The number of rotatable bonds is 7. The number of nitro benzene ring substituents is 1. The molecule has 0 aliphatic rings. The van der Waals surface area contributed by atoms with E-state index in [2.05, 4.69) is 10.5 Å². The van der Waals surface area contributed by atoms with Crippen LogP contribution in [-0.2, 0) is 0 Å². The summed E-state index contributed by atoms with van der Waals surface area (Å²) in [7, 11) is 0. The summed E-state index contributed by atoms with van der Waals surface area (Å²) in [4.78, 5) is 25.2. The third-order valence-electron chi connectivity index (χ3n) is 4.80. The summed E-state index contributed by atoms with van der Waals surface area (Å²) in [6.45, 7) is 5.39. The van der Waals surface area contributed by atoms with Crippen molar-refractivity contribution in [2.45, 2.75) is 13.8 Å². The van der Waals surface area contributed by atoms with Crippen LogP contribution < -0.4 is 10.3 Å². The Hall–Kier alpha value is -3.94. The van der Waals surface area contributed by atoms with Gasteiger partial charge in [0.25, 0.3) is 11.6 Å². The van der Waals surface area contributed by atoms with Crippen LogP contribution in [0.2, 0.25) is 0 Å². The number of phenolic OH excluding ortho intramolecular Hbond substituents is 1. The van der Waals surface area contributed by atoms with Crippen LogP contribution in [0, 0.1) is 10.1 Å². The van der Waals surface area contributed by atoms with Crippen molar-refractivity contribution in [3.05, 3.63) is 75.8 Å². The first-order valence-corrected chi connectivity index (χ1v) is 9.53. The van der Waals surface area contributed by atoms with Gasteiger partial charge in [0.05, 0.1) is 16.7 Å². The van der Waals surface area contributed by atoms with Crippen molar-refractivity contribution >= 4 is 34.3 Å². The topological polar surface area (TPSA) is 108 Å². The molecular weight excluding hydrogens is 384 g/mol. The fraction of sp³-hybridized carbons (Fsp3) is 0.182. The molecule has 30 heavy (non-hydrogen) atoms. The molecule has 0 saturated carbocycles.